The lowest BCUT2D eigenvalue weighted by molar-refractivity contribution is -0.125. The Morgan fingerprint density at radius 1 is 1.12 bits per heavy atom. The van der Waals surface area contributed by atoms with Crippen LogP contribution in [0.1, 0.15) is 49.8 Å². The summed E-state index contributed by atoms with van der Waals surface area (Å²) in [5, 5.41) is 22.1. The lowest BCUT2D eigenvalue weighted by Crippen LogP contribution is -2.60. The Kier molecular flexibility index (Phi) is 7.27. The second kappa shape index (κ2) is 10.4. The van der Waals surface area contributed by atoms with Gasteiger partial charge in [-0.05, 0) is 59.5 Å². The molecule has 1 aromatic carbocycles. The monoisotopic (exact) mass is 513 g/mol. The summed E-state index contributed by atoms with van der Waals surface area (Å²) in [6.07, 6.45) is 5.22. The number of hydrogen-bond acceptors (Lipinski definition) is 7. The number of anilines is 1. The van der Waals surface area contributed by atoms with E-state index < -0.39 is 17.0 Å². The lowest BCUT2D eigenvalue weighted by Gasteiger charge is -2.42. The lowest BCUT2D eigenvalue weighted by atomic mass is 9.79. The number of Topliss-reactive ketones (excluding diaryl/α,β-unsaturated/α-hetero) is 1. The van der Waals surface area contributed by atoms with Gasteiger partial charge in [-0.2, -0.15) is 11.3 Å². The number of ketones is 1. The molecule has 34 heavy (non-hydrogen) atoms. The molecule has 0 spiro atoms. The zero-order valence-electron chi connectivity index (χ0n) is 18.7. The molecule has 1 aliphatic heterocycles. The number of carbonyl (C=O) groups excluding carboxylic acids is 1. The molecule has 178 valence electrons. The number of halogens is 1. The summed E-state index contributed by atoms with van der Waals surface area (Å²) < 4.78 is 0. The van der Waals surface area contributed by atoms with Gasteiger partial charge in [-0.25, -0.2) is 4.98 Å². The van der Waals surface area contributed by atoms with Crippen LogP contribution in [0.5, 0.6) is 0 Å². The van der Waals surface area contributed by atoms with Gasteiger partial charge in [-0.1, -0.05) is 49.1 Å². The normalized spacial score (nSPS) is 25.9. The van der Waals surface area contributed by atoms with Crippen LogP contribution in [0.25, 0.3) is 0 Å². The van der Waals surface area contributed by atoms with Crippen molar-refractivity contribution >= 4 is 46.3 Å². The van der Waals surface area contributed by atoms with Crippen LogP contribution in [-0.4, -0.2) is 33.4 Å². The molecule has 5 rings (SSSR count). The van der Waals surface area contributed by atoms with Gasteiger partial charge >= 0.3 is 0 Å². The van der Waals surface area contributed by atoms with Crippen LogP contribution in [0.2, 0.25) is 5.02 Å². The topological polar surface area (TPSA) is 74.2 Å². The fourth-order valence-electron chi connectivity index (χ4n) is 4.94. The Morgan fingerprint density at radius 2 is 1.94 bits per heavy atom. The number of nitrogens with one attached hydrogen (secondary N) is 2. The fraction of sp³-hybridized carbons (Fsp3) is 0.385. The zero-order valence-corrected chi connectivity index (χ0v) is 21.1. The van der Waals surface area contributed by atoms with Crippen molar-refractivity contribution in [1.82, 2.24) is 10.3 Å². The maximum absolute atomic E-state index is 13.5. The van der Waals surface area contributed by atoms with Gasteiger partial charge in [-0.3, -0.25) is 10.1 Å². The molecule has 1 aliphatic carbocycles. The Hall–Kier alpha value is -1.90. The average molecular weight is 514 g/mol. The quantitative estimate of drug-likeness (QED) is 0.385. The van der Waals surface area contributed by atoms with Crippen molar-refractivity contribution in [3.8, 4) is 0 Å². The third-order valence-electron chi connectivity index (χ3n) is 6.69. The minimum Gasteiger partial charge on any atom is -0.377 e. The highest BCUT2D eigenvalue weighted by atomic mass is 35.5. The van der Waals surface area contributed by atoms with Crippen molar-refractivity contribution in [3.05, 3.63) is 75.6 Å². The summed E-state index contributed by atoms with van der Waals surface area (Å²) in [7, 11) is 0. The van der Waals surface area contributed by atoms with E-state index in [1.165, 1.54) is 31.0 Å². The van der Waals surface area contributed by atoms with E-state index in [-0.39, 0.29) is 12.2 Å². The van der Waals surface area contributed by atoms with Gasteiger partial charge < -0.3 is 10.4 Å². The molecule has 0 bridgehead atoms. The smallest absolute Gasteiger partial charge is 0.152 e. The average Bonchev–Trinajstić information content (AvgIpc) is 3.39. The van der Waals surface area contributed by atoms with E-state index in [9.17, 15) is 9.90 Å². The molecule has 3 unspecified atom stereocenters. The summed E-state index contributed by atoms with van der Waals surface area (Å²) in [5.74, 6) is 0.783. The number of thioether (sulfide) groups is 1. The predicted molar refractivity (Wildman–Crippen MR) is 140 cm³/mol. The van der Waals surface area contributed by atoms with Gasteiger partial charge in [-0.15, -0.1) is 11.8 Å². The number of hydrogen-bond donors (Lipinski definition) is 3. The molecule has 2 aliphatic rings. The van der Waals surface area contributed by atoms with E-state index in [4.69, 9.17) is 16.6 Å². The minimum absolute atomic E-state index is 0.0326. The second-order valence-electron chi connectivity index (χ2n) is 9.01. The molecule has 5 nitrogen and oxygen atoms in total. The largest absolute Gasteiger partial charge is 0.377 e. The van der Waals surface area contributed by atoms with Crippen molar-refractivity contribution in [2.75, 3.05) is 5.32 Å². The van der Waals surface area contributed by atoms with Gasteiger partial charge in [0.1, 0.15) is 17.3 Å². The molecule has 3 N–H and O–H groups in total. The van der Waals surface area contributed by atoms with E-state index in [2.05, 4.69) is 10.6 Å². The summed E-state index contributed by atoms with van der Waals surface area (Å²) >= 11 is 9.19. The van der Waals surface area contributed by atoms with Crippen LogP contribution in [-0.2, 0) is 10.3 Å². The van der Waals surface area contributed by atoms with Gasteiger partial charge in [0.2, 0.25) is 0 Å². The van der Waals surface area contributed by atoms with Crippen molar-refractivity contribution in [2.45, 2.75) is 66.5 Å². The number of aliphatic hydroxyl groups is 1. The van der Waals surface area contributed by atoms with Gasteiger partial charge in [0, 0.05) is 17.4 Å². The first-order chi connectivity index (χ1) is 16.5. The number of aliphatic hydroxyl groups excluding tert-OH is 1. The number of piperidine rings is 1. The Labute approximate surface area is 213 Å². The molecule has 0 radical (unpaired) electrons. The molecule has 3 atom stereocenters. The molecule has 3 aromatic rings. The van der Waals surface area contributed by atoms with E-state index in [1.54, 1.807) is 17.4 Å². The third kappa shape index (κ3) is 4.90. The van der Waals surface area contributed by atoms with Gasteiger partial charge in [0.15, 0.2) is 5.78 Å². The van der Waals surface area contributed by atoms with E-state index in [0.29, 0.717) is 11.1 Å². The number of carbonyl (C=O) groups is 1. The SMILES string of the molecule is O=C1CC(c2ccsc2)(c2cccc(NC3CCCCC3)n2)NC(O)C1Sc1ccccc1Cl. The van der Waals surface area contributed by atoms with E-state index >= 15 is 0 Å². The standard InChI is InChI=1S/C26H28ClN3O2S2/c27-19-9-4-5-10-21(19)34-24-20(31)15-26(30-25(24)32,17-13-14-33-16-17)22-11-6-12-23(29-22)28-18-7-2-1-3-8-18/h4-6,9-14,16,18,24-25,30,32H,1-3,7-8,15H2,(H,28,29). The molecule has 2 fully saturated rings. The fourth-order valence-corrected chi connectivity index (χ4v) is 6.96. The van der Waals surface area contributed by atoms with Crippen molar-refractivity contribution in [3.63, 3.8) is 0 Å². The molecule has 1 saturated heterocycles. The molecular formula is C26H28ClN3O2S2. The van der Waals surface area contributed by atoms with Gasteiger partial charge in [0.05, 0.1) is 16.3 Å². The summed E-state index contributed by atoms with van der Waals surface area (Å²) in [5.41, 5.74) is 0.784. The maximum atomic E-state index is 13.5. The van der Waals surface area contributed by atoms with Crippen LogP contribution in [0.15, 0.2) is 64.2 Å². The maximum Gasteiger partial charge on any atom is 0.152 e. The number of pyridine rings is 1. The number of nitrogens with zero attached hydrogens (tertiary/aromatic N) is 1. The number of thiophene rings is 1. The van der Waals surface area contributed by atoms with E-state index in [0.717, 1.165) is 34.8 Å². The molecule has 3 heterocycles. The van der Waals surface area contributed by atoms with Crippen molar-refractivity contribution in [2.24, 2.45) is 0 Å². The molecule has 1 saturated carbocycles. The Morgan fingerprint density at radius 3 is 2.68 bits per heavy atom. The first-order valence-corrected chi connectivity index (χ1v) is 13.9. The first-order valence-electron chi connectivity index (χ1n) is 11.7. The first kappa shape index (κ1) is 23.8. The van der Waals surface area contributed by atoms with Crippen LogP contribution in [0.3, 0.4) is 0 Å². The molecular weight excluding hydrogens is 486 g/mol. The van der Waals surface area contributed by atoms with Crippen LogP contribution in [0, 0.1) is 0 Å². The summed E-state index contributed by atoms with van der Waals surface area (Å²) in [6.45, 7) is 0. The second-order valence-corrected chi connectivity index (χ2v) is 11.4. The number of benzene rings is 1. The van der Waals surface area contributed by atoms with Crippen molar-refractivity contribution < 1.29 is 9.90 Å². The third-order valence-corrected chi connectivity index (χ3v) is 9.20. The highest BCUT2D eigenvalue weighted by Crippen LogP contribution is 2.42. The van der Waals surface area contributed by atoms with Crippen LogP contribution >= 0.6 is 34.7 Å². The summed E-state index contributed by atoms with van der Waals surface area (Å²) in [6, 6.07) is 15.7. The predicted octanol–water partition coefficient (Wildman–Crippen LogP) is 5.83. The minimum atomic E-state index is -1.06. The highest BCUT2D eigenvalue weighted by molar-refractivity contribution is 8.00. The highest BCUT2D eigenvalue weighted by Gasteiger charge is 2.48. The number of aromatic nitrogens is 1. The summed E-state index contributed by atoms with van der Waals surface area (Å²) in [4.78, 5) is 19.2. The number of rotatable bonds is 6. The van der Waals surface area contributed by atoms with Gasteiger partial charge in [0.25, 0.3) is 0 Å². The molecule has 0 amide bonds. The Bertz CT molecular complexity index is 1140. The zero-order chi connectivity index (χ0) is 23.5. The van der Waals surface area contributed by atoms with E-state index in [1.807, 2.05) is 53.2 Å². The van der Waals surface area contributed by atoms with Crippen molar-refractivity contribution in [1.29, 1.82) is 0 Å². The van der Waals surface area contributed by atoms with Crippen LogP contribution in [0.4, 0.5) is 5.82 Å². The van der Waals surface area contributed by atoms with Crippen LogP contribution < -0.4 is 10.6 Å². The molecule has 2 aromatic heterocycles. The Balaban J connectivity index is 1.44. The molecule has 8 heteroatoms.